The Hall–Kier alpha value is -0.540. The zero-order valence-electron chi connectivity index (χ0n) is 10.9. The van der Waals surface area contributed by atoms with E-state index in [1.165, 1.54) is 18.4 Å². The van der Waals surface area contributed by atoms with Crippen molar-refractivity contribution in [3.05, 3.63) is 18.0 Å². The van der Waals surface area contributed by atoms with Gasteiger partial charge in [0.25, 0.3) is 0 Å². The van der Waals surface area contributed by atoms with Crippen LogP contribution in [-0.2, 0) is 18.2 Å². The fourth-order valence-electron chi connectivity index (χ4n) is 3.21. The Morgan fingerprint density at radius 1 is 1.56 bits per heavy atom. The van der Waals surface area contributed by atoms with Crippen molar-refractivity contribution < 1.29 is 4.74 Å². The molecule has 0 amide bonds. The van der Waals surface area contributed by atoms with E-state index in [-0.39, 0.29) is 5.41 Å². The van der Waals surface area contributed by atoms with Gasteiger partial charge in [-0.2, -0.15) is 5.10 Å². The molecule has 3 rings (SSSR count). The average molecular weight is 269 g/mol. The molecule has 0 spiro atoms. The first-order valence-corrected chi connectivity index (χ1v) is 7.42. The highest BCUT2D eigenvalue weighted by Gasteiger charge is 2.50. The Kier molecular flexibility index (Phi) is 3.37. The van der Waals surface area contributed by atoms with Gasteiger partial charge in [0.15, 0.2) is 0 Å². The lowest BCUT2D eigenvalue weighted by Gasteiger charge is -2.32. The number of hydrogen-bond acceptors (Lipinski definition) is 2. The van der Waals surface area contributed by atoms with E-state index in [1.54, 1.807) is 0 Å². The van der Waals surface area contributed by atoms with Crippen LogP contribution in [0.15, 0.2) is 12.4 Å². The Balaban J connectivity index is 1.67. The summed E-state index contributed by atoms with van der Waals surface area (Å²) in [6.07, 6.45) is 10.4. The molecule has 4 heteroatoms. The number of aryl methyl sites for hydroxylation is 2. The van der Waals surface area contributed by atoms with E-state index in [0.717, 1.165) is 37.7 Å². The maximum absolute atomic E-state index is 6.30. The summed E-state index contributed by atoms with van der Waals surface area (Å²) in [6, 6.07) is 0. The number of halogens is 1. The molecule has 100 valence electrons. The molecule has 1 aromatic rings. The van der Waals surface area contributed by atoms with Gasteiger partial charge < -0.3 is 4.74 Å². The predicted octanol–water partition coefficient (Wildman–Crippen LogP) is 2.78. The van der Waals surface area contributed by atoms with Gasteiger partial charge >= 0.3 is 0 Å². The van der Waals surface area contributed by atoms with Crippen LogP contribution in [0.1, 0.15) is 31.2 Å². The maximum Gasteiger partial charge on any atom is 0.0671 e. The van der Waals surface area contributed by atoms with E-state index in [4.69, 9.17) is 16.3 Å². The van der Waals surface area contributed by atoms with E-state index >= 15 is 0 Å². The van der Waals surface area contributed by atoms with Gasteiger partial charge in [0.05, 0.1) is 12.3 Å². The van der Waals surface area contributed by atoms with Crippen molar-refractivity contribution in [1.82, 2.24) is 9.78 Å². The molecule has 2 heterocycles. The first-order chi connectivity index (χ1) is 8.73. The van der Waals surface area contributed by atoms with Gasteiger partial charge in [-0.1, -0.05) is 0 Å². The van der Waals surface area contributed by atoms with Crippen LogP contribution in [0, 0.1) is 11.3 Å². The third-order valence-electron chi connectivity index (χ3n) is 4.49. The number of hydrogen-bond donors (Lipinski definition) is 0. The van der Waals surface area contributed by atoms with Crippen LogP contribution < -0.4 is 0 Å². The standard InChI is InChI=1S/C14H21ClN2O/c1-17-9-11(8-16-17)4-5-14(10-15)6-7-18-13(14)12-2-3-12/h8-9,12-13H,2-7,10H2,1H3. The van der Waals surface area contributed by atoms with Gasteiger partial charge in [-0.25, -0.2) is 0 Å². The molecule has 1 aliphatic carbocycles. The highest BCUT2D eigenvalue weighted by Crippen LogP contribution is 2.50. The molecule has 3 nitrogen and oxygen atoms in total. The fraction of sp³-hybridized carbons (Fsp3) is 0.786. The highest BCUT2D eigenvalue weighted by atomic mass is 35.5. The Bertz CT molecular complexity index is 416. The molecule has 0 N–H and O–H groups in total. The summed E-state index contributed by atoms with van der Waals surface area (Å²) in [5.74, 6) is 1.51. The Morgan fingerprint density at radius 2 is 2.39 bits per heavy atom. The lowest BCUT2D eigenvalue weighted by Crippen LogP contribution is -2.35. The number of ether oxygens (including phenoxy) is 1. The van der Waals surface area contributed by atoms with Crippen molar-refractivity contribution in [2.24, 2.45) is 18.4 Å². The third-order valence-corrected chi connectivity index (χ3v) is 5.02. The second-order valence-corrected chi connectivity index (χ2v) is 6.16. The van der Waals surface area contributed by atoms with E-state index in [9.17, 15) is 0 Å². The van der Waals surface area contributed by atoms with E-state index in [1.807, 2.05) is 17.9 Å². The SMILES string of the molecule is Cn1cc(CCC2(CCl)CCOC2C2CC2)cn1. The lowest BCUT2D eigenvalue weighted by atomic mass is 9.76. The lowest BCUT2D eigenvalue weighted by molar-refractivity contribution is 0.0367. The van der Waals surface area contributed by atoms with Crippen LogP contribution >= 0.6 is 11.6 Å². The molecule has 1 aromatic heterocycles. The molecule has 2 unspecified atom stereocenters. The predicted molar refractivity (Wildman–Crippen MR) is 71.8 cm³/mol. The third kappa shape index (κ3) is 2.30. The number of rotatable bonds is 5. The molecule has 2 atom stereocenters. The molecule has 1 saturated carbocycles. The number of aromatic nitrogens is 2. The Morgan fingerprint density at radius 3 is 3.00 bits per heavy atom. The van der Waals surface area contributed by atoms with Gasteiger partial charge in [0.2, 0.25) is 0 Å². The van der Waals surface area contributed by atoms with Crippen molar-refractivity contribution in [2.45, 2.75) is 38.2 Å². The smallest absolute Gasteiger partial charge is 0.0671 e. The van der Waals surface area contributed by atoms with Crippen LogP contribution in [-0.4, -0.2) is 28.4 Å². The van der Waals surface area contributed by atoms with Gasteiger partial charge in [0.1, 0.15) is 0 Å². The summed E-state index contributed by atoms with van der Waals surface area (Å²) in [6.45, 7) is 0.890. The van der Waals surface area contributed by atoms with Gasteiger partial charge in [-0.05, 0) is 43.6 Å². The largest absolute Gasteiger partial charge is 0.377 e. The normalized spacial score (nSPS) is 32.0. The molecule has 0 bridgehead atoms. The first kappa shape index (κ1) is 12.5. The van der Waals surface area contributed by atoms with Crippen molar-refractivity contribution in [2.75, 3.05) is 12.5 Å². The van der Waals surface area contributed by atoms with Crippen LogP contribution in [0.5, 0.6) is 0 Å². The second-order valence-electron chi connectivity index (χ2n) is 5.90. The molecule has 0 radical (unpaired) electrons. The topological polar surface area (TPSA) is 27.1 Å². The second kappa shape index (κ2) is 4.86. The minimum atomic E-state index is 0.207. The number of nitrogens with zero attached hydrogens (tertiary/aromatic N) is 2. The molecule has 0 aromatic carbocycles. The first-order valence-electron chi connectivity index (χ1n) is 6.89. The quantitative estimate of drug-likeness (QED) is 0.768. The van der Waals surface area contributed by atoms with E-state index in [2.05, 4.69) is 11.3 Å². The minimum absolute atomic E-state index is 0.207. The minimum Gasteiger partial charge on any atom is -0.377 e. The Labute approximate surface area is 113 Å². The molecule has 18 heavy (non-hydrogen) atoms. The van der Waals surface area contributed by atoms with Crippen LogP contribution in [0.4, 0.5) is 0 Å². The molecule has 1 saturated heterocycles. The monoisotopic (exact) mass is 268 g/mol. The molecular formula is C14H21ClN2O. The van der Waals surface area contributed by atoms with Crippen LogP contribution in [0.3, 0.4) is 0 Å². The summed E-state index contributed by atoms with van der Waals surface area (Å²) >= 11 is 6.30. The summed E-state index contributed by atoms with van der Waals surface area (Å²) in [5.41, 5.74) is 1.52. The molecule has 1 aliphatic heterocycles. The molecule has 2 aliphatic rings. The highest BCUT2D eigenvalue weighted by molar-refractivity contribution is 6.18. The molecule has 2 fully saturated rings. The summed E-state index contributed by atoms with van der Waals surface area (Å²) in [5, 5.41) is 4.23. The van der Waals surface area contributed by atoms with Crippen molar-refractivity contribution in [3.63, 3.8) is 0 Å². The number of alkyl halides is 1. The zero-order chi connectivity index (χ0) is 12.6. The van der Waals surface area contributed by atoms with Crippen LogP contribution in [0.25, 0.3) is 0 Å². The average Bonchev–Trinajstić information content (AvgIpc) is 2.99. The van der Waals surface area contributed by atoms with Crippen LogP contribution in [0.2, 0.25) is 0 Å². The summed E-state index contributed by atoms with van der Waals surface area (Å²) < 4.78 is 7.84. The van der Waals surface area contributed by atoms with Crippen molar-refractivity contribution in [1.29, 1.82) is 0 Å². The van der Waals surface area contributed by atoms with Crippen molar-refractivity contribution >= 4 is 11.6 Å². The maximum atomic E-state index is 6.30. The van der Waals surface area contributed by atoms with Crippen molar-refractivity contribution in [3.8, 4) is 0 Å². The van der Waals surface area contributed by atoms with E-state index < -0.39 is 0 Å². The van der Waals surface area contributed by atoms with Gasteiger partial charge in [-0.3, -0.25) is 4.68 Å². The van der Waals surface area contributed by atoms with Gasteiger partial charge in [0, 0.05) is 31.1 Å². The summed E-state index contributed by atoms with van der Waals surface area (Å²) in [7, 11) is 1.96. The van der Waals surface area contributed by atoms with Gasteiger partial charge in [-0.15, -0.1) is 11.6 Å². The zero-order valence-corrected chi connectivity index (χ0v) is 11.7. The summed E-state index contributed by atoms with van der Waals surface area (Å²) in [4.78, 5) is 0. The fourth-order valence-corrected chi connectivity index (χ4v) is 3.63. The molecular weight excluding hydrogens is 248 g/mol. The van der Waals surface area contributed by atoms with E-state index in [0.29, 0.717) is 6.10 Å².